The van der Waals surface area contributed by atoms with Crippen LogP contribution in [0.5, 0.6) is 0 Å². The number of rotatable bonds is 0. The van der Waals surface area contributed by atoms with E-state index in [0.29, 0.717) is 5.57 Å². The molecule has 0 saturated heterocycles. The molecule has 0 bridgehead atoms. The van der Waals surface area contributed by atoms with Gasteiger partial charge in [0.1, 0.15) is 11.5 Å². The van der Waals surface area contributed by atoms with Crippen molar-refractivity contribution in [1.29, 1.82) is 0 Å². The molecule has 0 saturated carbocycles. The highest BCUT2D eigenvalue weighted by Crippen LogP contribution is 2.10. The lowest BCUT2D eigenvalue weighted by atomic mass is 10.0. The Hall–Kier alpha value is -1.69. The number of carbonyl (C=O) groups is 1. The molecule has 2 aliphatic rings. The third-order valence-electron chi connectivity index (χ3n) is 1.90. The van der Waals surface area contributed by atoms with Gasteiger partial charge in [-0.05, 0) is 12.2 Å². The van der Waals surface area contributed by atoms with Crippen LogP contribution in [0.3, 0.4) is 0 Å². The first-order valence-electron chi connectivity index (χ1n) is 3.88. The molecule has 0 radical (unpaired) electrons. The zero-order valence-corrected chi connectivity index (χ0v) is 7.84. The second-order valence-electron chi connectivity index (χ2n) is 2.71. The number of hydrogen-bond donors (Lipinski definition) is 1. The van der Waals surface area contributed by atoms with Crippen molar-refractivity contribution in [2.75, 3.05) is 6.67 Å². The van der Waals surface area contributed by atoms with E-state index in [4.69, 9.17) is 0 Å². The average molecular weight is 210 g/mol. The lowest BCUT2D eigenvalue weighted by Crippen LogP contribution is -2.37. The Morgan fingerprint density at radius 3 is 2.93 bits per heavy atom. The Bertz CT molecular complexity index is 515. The highest BCUT2D eigenvalue weighted by atomic mass is 32.2. The normalized spacial score (nSPS) is 19.4. The maximum Gasteiger partial charge on any atom is 0.254 e. The van der Waals surface area contributed by atoms with E-state index in [1.54, 1.807) is 6.08 Å². The van der Waals surface area contributed by atoms with Gasteiger partial charge < -0.3 is 5.32 Å². The number of nitrogens with zero attached hydrogens (tertiary/aromatic N) is 1. The van der Waals surface area contributed by atoms with Gasteiger partial charge in [-0.1, -0.05) is 6.08 Å². The molecule has 1 amide bonds. The van der Waals surface area contributed by atoms with Crippen molar-refractivity contribution in [3.8, 4) is 0 Å². The summed E-state index contributed by atoms with van der Waals surface area (Å²) in [4.78, 5) is 15.3. The standard InChI is InChI=1S/C8H6N2O3S/c11-8-5-2-1-3-6(14(12)13)7(5)9-4-10-8/h1-3H,4H2,(H,10,11). The molecule has 0 unspecified atom stereocenters. The number of amides is 1. The summed E-state index contributed by atoms with van der Waals surface area (Å²) >= 11 is 0. The predicted molar refractivity (Wildman–Crippen MR) is 51.6 cm³/mol. The summed E-state index contributed by atoms with van der Waals surface area (Å²) < 4.78 is 21.6. The largest absolute Gasteiger partial charge is 0.333 e. The first kappa shape index (κ1) is 8.89. The number of carbonyl (C=O) groups excluding carboxylic acids is 1. The van der Waals surface area contributed by atoms with Crippen molar-refractivity contribution in [3.63, 3.8) is 0 Å². The summed E-state index contributed by atoms with van der Waals surface area (Å²) in [5, 5.41) is 2.50. The van der Waals surface area contributed by atoms with E-state index in [1.807, 2.05) is 0 Å². The van der Waals surface area contributed by atoms with E-state index in [9.17, 15) is 13.2 Å². The maximum absolute atomic E-state index is 11.3. The second kappa shape index (κ2) is 3.22. The smallest absolute Gasteiger partial charge is 0.254 e. The molecule has 5 nitrogen and oxygen atoms in total. The Labute approximate surface area is 81.4 Å². The summed E-state index contributed by atoms with van der Waals surface area (Å²) in [6.07, 6.45) is 4.48. The van der Waals surface area contributed by atoms with Crippen LogP contribution in [0.2, 0.25) is 0 Å². The summed E-state index contributed by atoms with van der Waals surface area (Å²) in [6.45, 7) is 0.125. The Kier molecular flexibility index (Phi) is 2.05. The van der Waals surface area contributed by atoms with Gasteiger partial charge in [-0.25, -0.2) is 0 Å². The van der Waals surface area contributed by atoms with Crippen LogP contribution >= 0.6 is 0 Å². The summed E-state index contributed by atoms with van der Waals surface area (Å²) in [5.41, 5.74) is 0.558. The van der Waals surface area contributed by atoms with Crippen LogP contribution in [0.1, 0.15) is 0 Å². The zero-order chi connectivity index (χ0) is 10.1. The number of fused-ring (bicyclic) bond motifs is 1. The molecule has 0 atom stereocenters. The zero-order valence-electron chi connectivity index (χ0n) is 7.02. The van der Waals surface area contributed by atoms with Crippen LogP contribution in [0.25, 0.3) is 0 Å². The van der Waals surface area contributed by atoms with Crippen LogP contribution in [-0.2, 0) is 15.1 Å². The van der Waals surface area contributed by atoms with Crippen molar-refractivity contribution in [3.05, 3.63) is 23.8 Å². The maximum atomic E-state index is 11.3. The van der Waals surface area contributed by atoms with Gasteiger partial charge in [0.05, 0.1) is 11.3 Å². The van der Waals surface area contributed by atoms with E-state index < -0.39 is 10.3 Å². The molecule has 0 fully saturated rings. The lowest BCUT2D eigenvalue weighted by Gasteiger charge is -2.16. The summed E-state index contributed by atoms with van der Waals surface area (Å²) in [7, 11) is -2.36. The van der Waals surface area contributed by atoms with E-state index in [2.05, 4.69) is 10.3 Å². The van der Waals surface area contributed by atoms with Crippen molar-refractivity contribution in [2.45, 2.75) is 0 Å². The molecule has 1 aliphatic heterocycles. The van der Waals surface area contributed by atoms with E-state index in [0.717, 1.165) is 0 Å². The summed E-state index contributed by atoms with van der Waals surface area (Å²) in [6, 6.07) is 0. The lowest BCUT2D eigenvalue weighted by molar-refractivity contribution is -0.117. The molecular weight excluding hydrogens is 204 g/mol. The van der Waals surface area contributed by atoms with Crippen LogP contribution in [0.4, 0.5) is 0 Å². The van der Waals surface area contributed by atoms with Crippen molar-refractivity contribution in [2.24, 2.45) is 4.99 Å². The molecule has 1 N–H and O–H groups in total. The molecule has 0 aromatic rings. The highest BCUT2D eigenvalue weighted by Gasteiger charge is 2.24. The first-order valence-corrected chi connectivity index (χ1v) is 4.95. The number of hydrogen-bond acceptors (Lipinski definition) is 4. The monoisotopic (exact) mass is 210 g/mol. The van der Waals surface area contributed by atoms with E-state index in [-0.39, 0.29) is 23.2 Å². The molecule has 2 rings (SSSR count). The Balaban J connectivity index is 2.66. The van der Waals surface area contributed by atoms with Gasteiger partial charge in [0.25, 0.3) is 5.91 Å². The third kappa shape index (κ3) is 1.29. The van der Waals surface area contributed by atoms with Crippen molar-refractivity contribution >= 4 is 26.8 Å². The van der Waals surface area contributed by atoms with Gasteiger partial charge in [-0.15, -0.1) is 0 Å². The molecule has 0 spiro atoms. The fourth-order valence-corrected chi connectivity index (χ4v) is 1.81. The molecular formula is C8H6N2O3S. The van der Waals surface area contributed by atoms with Gasteiger partial charge in [-0.2, -0.15) is 8.42 Å². The van der Waals surface area contributed by atoms with E-state index in [1.165, 1.54) is 12.2 Å². The molecule has 72 valence electrons. The molecule has 6 heteroatoms. The van der Waals surface area contributed by atoms with E-state index >= 15 is 0 Å². The number of aliphatic imine (C=N–C) groups is 1. The Morgan fingerprint density at radius 1 is 1.43 bits per heavy atom. The van der Waals surface area contributed by atoms with Crippen molar-refractivity contribution in [1.82, 2.24) is 5.32 Å². The molecule has 0 aromatic carbocycles. The fraction of sp³-hybridized carbons (Fsp3) is 0.125. The fourth-order valence-electron chi connectivity index (χ4n) is 1.29. The summed E-state index contributed by atoms with van der Waals surface area (Å²) in [5.74, 6) is -0.290. The minimum atomic E-state index is -2.36. The molecule has 1 heterocycles. The van der Waals surface area contributed by atoms with Gasteiger partial charge in [-0.3, -0.25) is 9.79 Å². The minimum absolute atomic E-state index is 0.0670. The number of allylic oxidation sites excluding steroid dienone is 3. The van der Waals surface area contributed by atoms with Gasteiger partial charge in [0, 0.05) is 0 Å². The van der Waals surface area contributed by atoms with Crippen LogP contribution in [0, 0.1) is 0 Å². The van der Waals surface area contributed by atoms with Gasteiger partial charge in [0.2, 0.25) is 10.3 Å². The average Bonchev–Trinajstić information content (AvgIpc) is 2.17. The van der Waals surface area contributed by atoms with Crippen LogP contribution in [-0.4, -0.2) is 31.6 Å². The Morgan fingerprint density at radius 2 is 2.21 bits per heavy atom. The second-order valence-corrected chi connectivity index (χ2v) is 3.62. The minimum Gasteiger partial charge on any atom is -0.333 e. The third-order valence-corrected chi connectivity index (χ3v) is 2.59. The molecule has 14 heavy (non-hydrogen) atoms. The predicted octanol–water partition coefficient (Wildman–Crippen LogP) is -0.938. The van der Waals surface area contributed by atoms with Crippen molar-refractivity contribution < 1.29 is 13.2 Å². The van der Waals surface area contributed by atoms with Gasteiger partial charge in [0.15, 0.2) is 0 Å². The van der Waals surface area contributed by atoms with Crippen LogP contribution in [0.15, 0.2) is 28.8 Å². The van der Waals surface area contributed by atoms with Crippen LogP contribution < -0.4 is 5.32 Å². The SMILES string of the molecule is O=C1NCN=C2C1=CC=CC2=S(=O)=O. The molecule has 0 aromatic heterocycles. The quantitative estimate of drug-likeness (QED) is 0.524. The van der Waals surface area contributed by atoms with Gasteiger partial charge >= 0.3 is 0 Å². The highest BCUT2D eigenvalue weighted by molar-refractivity contribution is 7.75. The molecule has 1 aliphatic carbocycles. The topological polar surface area (TPSA) is 75.6 Å². The number of nitrogens with one attached hydrogen (secondary N) is 1. The first-order chi connectivity index (χ1) is 6.70.